The van der Waals surface area contributed by atoms with Crippen LogP contribution in [0.15, 0.2) is 18.2 Å². The van der Waals surface area contributed by atoms with Gasteiger partial charge in [0.1, 0.15) is 0 Å². The van der Waals surface area contributed by atoms with E-state index in [1.807, 2.05) is 51.0 Å². The Kier molecular flexibility index (Phi) is 6.20. The van der Waals surface area contributed by atoms with Gasteiger partial charge in [-0.1, -0.05) is 0 Å². The summed E-state index contributed by atoms with van der Waals surface area (Å²) in [7, 11) is 3.94. The molecule has 1 fully saturated rings. The first-order chi connectivity index (χ1) is 11.4. The van der Waals surface area contributed by atoms with Crippen molar-refractivity contribution < 1.29 is 14.3 Å². The average Bonchev–Trinajstić information content (AvgIpc) is 2.55. The number of piperidine rings is 1. The predicted molar refractivity (Wildman–Crippen MR) is 95.4 cm³/mol. The largest absolute Gasteiger partial charge is 0.378 e. The molecule has 0 spiro atoms. The lowest BCUT2D eigenvalue weighted by atomic mass is 10.1. The second-order valence-electron chi connectivity index (χ2n) is 6.30. The highest BCUT2D eigenvalue weighted by atomic mass is 16.5. The molecule has 0 atom stereocenters. The molecule has 1 aliphatic heterocycles. The lowest BCUT2D eigenvalue weighted by Crippen LogP contribution is -2.45. The van der Waals surface area contributed by atoms with Crippen molar-refractivity contribution in [3.05, 3.63) is 23.8 Å². The van der Waals surface area contributed by atoms with E-state index in [0.717, 1.165) is 24.1 Å². The SMILES string of the molecule is CCOC1CCN(C(=O)C(=O)Nc2ccc(N(C)C)c(C)c2)CC1. The fraction of sp³-hybridized carbons (Fsp3) is 0.556. The van der Waals surface area contributed by atoms with Gasteiger partial charge in [0.25, 0.3) is 0 Å². The van der Waals surface area contributed by atoms with Gasteiger partial charge in [-0.2, -0.15) is 0 Å². The van der Waals surface area contributed by atoms with Crippen molar-refractivity contribution >= 4 is 23.2 Å². The van der Waals surface area contributed by atoms with E-state index in [1.165, 1.54) is 0 Å². The number of likely N-dealkylation sites (tertiary alicyclic amines) is 1. The first-order valence-corrected chi connectivity index (χ1v) is 8.42. The summed E-state index contributed by atoms with van der Waals surface area (Å²) in [5.74, 6) is -1.05. The number of nitrogens with one attached hydrogen (secondary N) is 1. The number of hydrogen-bond donors (Lipinski definition) is 1. The number of carbonyl (C=O) groups is 2. The van der Waals surface area contributed by atoms with Gasteiger partial charge in [-0.25, -0.2) is 0 Å². The molecular formula is C18H27N3O3. The van der Waals surface area contributed by atoms with Gasteiger partial charge in [0.15, 0.2) is 0 Å². The zero-order valence-electron chi connectivity index (χ0n) is 15.0. The van der Waals surface area contributed by atoms with Gasteiger partial charge >= 0.3 is 11.8 Å². The highest BCUT2D eigenvalue weighted by Gasteiger charge is 2.27. The molecular weight excluding hydrogens is 306 g/mol. The summed E-state index contributed by atoms with van der Waals surface area (Å²) in [5, 5.41) is 2.70. The van der Waals surface area contributed by atoms with Crippen molar-refractivity contribution in [1.29, 1.82) is 0 Å². The number of nitrogens with zero attached hydrogens (tertiary/aromatic N) is 2. The fourth-order valence-corrected chi connectivity index (χ4v) is 3.02. The number of ether oxygens (including phenoxy) is 1. The number of anilines is 2. The number of amides is 2. The molecule has 0 aromatic heterocycles. The van der Waals surface area contributed by atoms with Gasteiger partial charge in [0, 0.05) is 45.2 Å². The minimum absolute atomic E-state index is 0.198. The number of aryl methyl sites for hydroxylation is 1. The van der Waals surface area contributed by atoms with Crippen LogP contribution in [-0.2, 0) is 14.3 Å². The summed E-state index contributed by atoms with van der Waals surface area (Å²) >= 11 is 0. The van der Waals surface area contributed by atoms with Crippen molar-refractivity contribution in [2.75, 3.05) is 44.0 Å². The standard InChI is InChI=1S/C18H27N3O3/c1-5-24-15-8-10-21(11-9-15)18(23)17(22)19-14-6-7-16(20(3)4)13(2)12-14/h6-7,12,15H,5,8-11H2,1-4H3,(H,19,22). The molecule has 1 aromatic rings. The van der Waals surface area contributed by atoms with E-state index in [0.29, 0.717) is 25.4 Å². The maximum atomic E-state index is 12.3. The Morgan fingerprint density at radius 3 is 2.50 bits per heavy atom. The Morgan fingerprint density at radius 1 is 1.29 bits per heavy atom. The smallest absolute Gasteiger partial charge is 0.313 e. The number of benzene rings is 1. The van der Waals surface area contributed by atoms with Crippen LogP contribution in [0.3, 0.4) is 0 Å². The van der Waals surface area contributed by atoms with E-state index in [2.05, 4.69) is 5.32 Å². The summed E-state index contributed by atoms with van der Waals surface area (Å²) in [6.07, 6.45) is 1.76. The Bertz CT molecular complexity index is 593. The second-order valence-corrected chi connectivity index (χ2v) is 6.30. The van der Waals surface area contributed by atoms with Crippen LogP contribution < -0.4 is 10.2 Å². The Morgan fingerprint density at radius 2 is 1.96 bits per heavy atom. The number of hydrogen-bond acceptors (Lipinski definition) is 4. The zero-order chi connectivity index (χ0) is 17.7. The Labute approximate surface area is 143 Å². The molecule has 0 radical (unpaired) electrons. The highest BCUT2D eigenvalue weighted by molar-refractivity contribution is 6.39. The molecule has 0 aliphatic carbocycles. The van der Waals surface area contributed by atoms with Crippen molar-refractivity contribution in [1.82, 2.24) is 4.90 Å². The lowest BCUT2D eigenvalue weighted by Gasteiger charge is -2.31. The van der Waals surface area contributed by atoms with Crippen LogP contribution in [0.1, 0.15) is 25.3 Å². The van der Waals surface area contributed by atoms with Crippen LogP contribution in [-0.4, -0.2) is 56.6 Å². The molecule has 1 aromatic carbocycles. The molecule has 2 rings (SSSR count). The van der Waals surface area contributed by atoms with E-state index in [9.17, 15) is 9.59 Å². The first kappa shape index (κ1) is 18.3. The molecule has 6 heteroatoms. The Balaban J connectivity index is 1.93. The van der Waals surface area contributed by atoms with Crippen molar-refractivity contribution in [2.24, 2.45) is 0 Å². The van der Waals surface area contributed by atoms with Gasteiger partial charge in [0.2, 0.25) is 0 Å². The van der Waals surface area contributed by atoms with Crippen LogP contribution in [0.4, 0.5) is 11.4 Å². The van der Waals surface area contributed by atoms with E-state index >= 15 is 0 Å². The third kappa shape index (κ3) is 4.47. The van der Waals surface area contributed by atoms with Crippen LogP contribution >= 0.6 is 0 Å². The predicted octanol–water partition coefficient (Wildman–Crippen LogP) is 2.03. The van der Waals surface area contributed by atoms with Gasteiger partial charge in [0.05, 0.1) is 6.10 Å². The molecule has 1 heterocycles. The fourth-order valence-electron chi connectivity index (χ4n) is 3.02. The second kappa shape index (κ2) is 8.15. The molecule has 6 nitrogen and oxygen atoms in total. The molecule has 1 N–H and O–H groups in total. The monoisotopic (exact) mass is 333 g/mol. The molecule has 2 amide bonds. The van der Waals surface area contributed by atoms with Crippen molar-refractivity contribution in [3.63, 3.8) is 0 Å². The quantitative estimate of drug-likeness (QED) is 0.857. The normalized spacial score (nSPS) is 15.2. The van der Waals surface area contributed by atoms with E-state index in [4.69, 9.17) is 4.74 Å². The maximum absolute atomic E-state index is 12.3. The van der Waals surface area contributed by atoms with Gasteiger partial charge < -0.3 is 19.9 Å². The third-order valence-corrected chi connectivity index (χ3v) is 4.26. The van der Waals surface area contributed by atoms with E-state index in [1.54, 1.807) is 4.90 Å². The summed E-state index contributed by atoms with van der Waals surface area (Å²) in [5.41, 5.74) is 2.76. The minimum Gasteiger partial charge on any atom is -0.378 e. The summed E-state index contributed by atoms with van der Waals surface area (Å²) in [6.45, 7) is 5.76. The average molecular weight is 333 g/mol. The topological polar surface area (TPSA) is 61.9 Å². The molecule has 1 saturated heterocycles. The molecule has 132 valence electrons. The number of rotatable bonds is 4. The van der Waals surface area contributed by atoms with Crippen LogP contribution in [0.25, 0.3) is 0 Å². The van der Waals surface area contributed by atoms with Gasteiger partial charge in [-0.15, -0.1) is 0 Å². The van der Waals surface area contributed by atoms with Crippen LogP contribution in [0.5, 0.6) is 0 Å². The minimum atomic E-state index is -0.582. The van der Waals surface area contributed by atoms with Gasteiger partial charge in [-0.05, 0) is 50.5 Å². The zero-order valence-corrected chi connectivity index (χ0v) is 15.0. The maximum Gasteiger partial charge on any atom is 0.313 e. The van der Waals surface area contributed by atoms with Gasteiger partial charge in [-0.3, -0.25) is 9.59 Å². The molecule has 0 unspecified atom stereocenters. The van der Waals surface area contributed by atoms with Crippen molar-refractivity contribution in [3.8, 4) is 0 Å². The Hall–Kier alpha value is -2.08. The molecule has 0 bridgehead atoms. The van der Waals surface area contributed by atoms with Crippen LogP contribution in [0.2, 0.25) is 0 Å². The van der Waals surface area contributed by atoms with Crippen molar-refractivity contribution in [2.45, 2.75) is 32.8 Å². The van der Waals surface area contributed by atoms with E-state index < -0.39 is 11.8 Å². The summed E-state index contributed by atoms with van der Waals surface area (Å²) in [4.78, 5) is 28.1. The molecule has 1 aliphatic rings. The summed E-state index contributed by atoms with van der Waals surface area (Å²) < 4.78 is 5.57. The van der Waals surface area contributed by atoms with Crippen LogP contribution in [0, 0.1) is 6.92 Å². The molecule has 24 heavy (non-hydrogen) atoms. The lowest BCUT2D eigenvalue weighted by molar-refractivity contribution is -0.144. The number of carbonyl (C=O) groups excluding carboxylic acids is 2. The molecule has 0 saturated carbocycles. The van der Waals surface area contributed by atoms with E-state index in [-0.39, 0.29) is 6.10 Å². The first-order valence-electron chi connectivity index (χ1n) is 8.42. The highest BCUT2D eigenvalue weighted by Crippen LogP contribution is 2.22. The third-order valence-electron chi connectivity index (χ3n) is 4.26. The summed E-state index contributed by atoms with van der Waals surface area (Å²) in [6, 6.07) is 5.62.